The average Bonchev–Trinajstić information content (AvgIpc) is 2.74. The fraction of sp³-hybridized carbons (Fsp3) is 0.833. The predicted molar refractivity (Wildman–Crippen MR) is 60.9 cm³/mol. The van der Waals surface area contributed by atoms with E-state index in [0.29, 0.717) is 0 Å². The Morgan fingerprint density at radius 1 is 1.37 bits per heavy atom. The van der Waals surface area contributed by atoms with Gasteiger partial charge >= 0.3 is 12.1 Å². The number of likely N-dealkylation sites (tertiary alicyclic amines) is 1. The van der Waals surface area contributed by atoms with E-state index in [9.17, 15) is 18.4 Å². The molecule has 1 heterocycles. The van der Waals surface area contributed by atoms with Crippen LogP contribution in [0.3, 0.4) is 0 Å². The molecule has 1 amide bonds. The van der Waals surface area contributed by atoms with Crippen molar-refractivity contribution in [2.45, 2.75) is 38.7 Å². The lowest BCUT2D eigenvalue weighted by molar-refractivity contribution is -0.149. The van der Waals surface area contributed by atoms with Gasteiger partial charge in [0.1, 0.15) is 11.0 Å². The van der Waals surface area contributed by atoms with E-state index < -0.39 is 34.9 Å². The van der Waals surface area contributed by atoms with Crippen molar-refractivity contribution >= 4 is 12.1 Å². The molecule has 0 unspecified atom stereocenters. The Hall–Kier alpha value is -1.40. The van der Waals surface area contributed by atoms with E-state index in [0.717, 1.165) is 4.90 Å². The van der Waals surface area contributed by atoms with Crippen LogP contribution in [0.2, 0.25) is 0 Å². The molecule has 1 aliphatic heterocycles. The normalized spacial score (nSPS) is 32.5. The number of hydrogen-bond donors (Lipinski definition) is 1. The van der Waals surface area contributed by atoms with Gasteiger partial charge in [-0.15, -0.1) is 0 Å². The van der Waals surface area contributed by atoms with Crippen molar-refractivity contribution < 1.29 is 28.2 Å². The minimum Gasteiger partial charge on any atom is -0.481 e. The summed E-state index contributed by atoms with van der Waals surface area (Å²) >= 11 is 0. The average molecular weight is 277 g/mol. The highest BCUT2D eigenvalue weighted by atomic mass is 19.3. The molecule has 19 heavy (non-hydrogen) atoms. The van der Waals surface area contributed by atoms with Gasteiger partial charge in [0.25, 0.3) is 5.92 Å². The van der Waals surface area contributed by atoms with Gasteiger partial charge in [-0.3, -0.25) is 4.79 Å². The van der Waals surface area contributed by atoms with Crippen LogP contribution in [-0.4, -0.2) is 46.7 Å². The summed E-state index contributed by atoms with van der Waals surface area (Å²) in [7, 11) is 0. The molecule has 0 aromatic heterocycles. The second-order valence-corrected chi connectivity index (χ2v) is 6.13. The van der Waals surface area contributed by atoms with Gasteiger partial charge in [-0.05, 0) is 27.2 Å². The smallest absolute Gasteiger partial charge is 0.410 e. The largest absolute Gasteiger partial charge is 0.481 e. The Morgan fingerprint density at radius 3 is 2.37 bits per heavy atom. The first kappa shape index (κ1) is 14.0. The molecule has 108 valence electrons. The van der Waals surface area contributed by atoms with Gasteiger partial charge in [0.2, 0.25) is 0 Å². The molecular weight excluding hydrogens is 260 g/mol. The molecule has 0 aromatic rings. The van der Waals surface area contributed by atoms with E-state index >= 15 is 0 Å². The van der Waals surface area contributed by atoms with Crippen LogP contribution in [0.15, 0.2) is 0 Å². The van der Waals surface area contributed by atoms with Crippen LogP contribution in [0.1, 0.15) is 27.2 Å². The van der Waals surface area contributed by atoms with Gasteiger partial charge in [0, 0.05) is 13.1 Å². The SMILES string of the molecule is CC(C)(C)OC(=O)N1CC[C@]2(C(=O)O)[C@@H](C1)C2(F)F. The summed E-state index contributed by atoms with van der Waals surface area (Å²) in [6.45, 7) is 4.76. The molecule has 1 N–H and O–H groups in total. The molecule has 2 rings (SSSR count). The molecule has 7 heteroatoms. The lowest BCUT2D eigenvalue weighted by Gasteiger charge is -2.30. The van der Waals surface area contributed by atoms with Crippen molar-refractivity contribution in [3.8, 4) is 0 Å². The maximum atomic E-state index is 13.6. The fourth-order valence-electron chi connectivity index (χ4n) is 2.66. The molecule has 0 aromatic carbocycles. The summed E-state index contributed by atoms with van der Waals surface area (Å²) in [4.78, 5) is 24.0. The number of amides is 1. The monoisotopic (exact) mass is 277 g/mol. The highest BCUT2D eigenvalue weighted by Gasteiger charge is 2.86. The van der Waals surface area contributed by atoms with Crippen molar-refractivity contribution in [2.75, 3.05) is 13.1 Å². The van der Waals surface area contributed by atoms with Crippen LogP contribution < -0.4 is 0 Å². The highest BCUT2D eigenvalue weighted by Crippen LogP contribution is 2.69. The van der Waals surface area contributed by atoms with Crippen LogP contribution in [0, 0.1) is 11.3 Å². The number of rotatable bonds is 1. The standard InChI is InChI=1S/C12H17F2NO4/c1-10(2,3)19-9(18)15-5-4-11(8(16)17)7(6-15)12(11,13)14/h7H,4-6H2,1-3H3,(H,16,17)/t7-,11-/m1/s1. The first-order valence-corrected chi connectivity index (χ1v) is 6.11. The topological polar surface area (TPSA) is 66.8 Å². The number of ether oxygens (including phenoxy) is 1. The highest BCUT2D eigenvalue weighted by molar-refractivity contribution is 5.82. The molecule has 2 fully saturated rings. The molecule has 0 radical (unpaired) electrons. The predicted octanol–water partition coefficient (Wildman–Crippen LogP) is 1.96. The number of carboxylic acids is 1. The molecule has 0 bridgehead atoms. The number of halogens is 2. The third-order valence-electron chi connectivity index (χ3n) is 3.76. The van der Waals surface area contributed by atoms with Gasteiger partial charge in [-0.2, -0.15) is 0 Å². The second kappa shape index (κ2) is 3.80. The summed E-state index contributed by atoms with van der Waals surface area (Å²) in [5.74, 6) is -6.03. The first-order valence-electron chi connectivity index (χ1n) is 6.11. The number of aliphatic carboxylic acids is 1. The number of fused-ring (bicyclic) bond motifs is 1. The Balaban J connectivity index is 2.06. The van der Waals surface area contributed by atoms with Crippen LogP contribution in [0.25, 0.3) is 0 Å². The second-order valence-electron chi connectivity index (χ2n) is 6.13. The first-order chi connectivity index (χ1) is 8.52. The Labute approximate surface area is 109 Å². The Kier molecular flexibility index (Phi) is 2.80. The molecular formula is C12H17F2NO4. The van der Waals surface area contributed by atoms with Crippen molar-refractivity contribution in [1.82, 2.24) is 4.90 Å². The van der Waals surface area contributed by atoms with E-state index in [-0.39, 0.29) is 19.5 Å². The van der Waals surface area contributed by atoms with Crippen molar-refractivity contribution in [2.24, 2.45) is 11.3 Å². The van der Waals surface area contributed by atoms with Crippen LogP contribution >= 0.6 is 0 Å². The van der Waals surface area contributed by atoms with E-state index in [1.54, 1.807) is 20.8 Å². The van der Waals surface area contributed by atoms with E-state index in [2.05, 4.69) is 0 Å². The Bertz CT molecular complexity index is 432. The number of piperidine rings is 1. The molecule has 2 aliphatic rings. The molecule has 5 nitrogen and oxygen atoms in total. The molecule has 0 spiro atoms. The summed E-state index contributed by atoms with van der Waals surface area (Å²) < 4.78 is 32.3. The minimum absolute atomic E-state index is 0.0205. The van der Waals surface area contributed by atoms with Gasteiger partial charge in [0.05, 0.1) is 5.92 Å². The maximum Gasteiger partial charge on any atom is 0.410 e. The molecule has 1 aliphatic carbocycles. The fourth-order valence-corrected chi connectivity index (χ4v) is 2.66. The number of nitrogens with zero attached hydrogens (tertiary/aromatic N) is 1. The lowest BCUT2D eigenvalue weighted by Crippen LogP contribution is -2.43. The zero-order chi connectivity index (χ0) is 14.6. The molecule has 2 atom stereocenters. The summed E-state index contributed by atoms with van der Waals surface area (Å²) in [5, 5.41) is 8.97. The molecule has 1 saturated heterocycles. The summed E-state index contributed by atoms with van der Waals surface area (Å²) in [5.41, 5.74) is -2.68. The number of carboxylic acid groups (broad SMARTS) is 1. The van der Waals surface area contributed by atoms with Gasteiger partial charge < -0.3 is 14.7 Å². The van der Waals surface area contributed by atoms with Crippen LogP contribution in [-0.2, 0) is 9.53 Å². The lowest BCUT2D eigenvalue weighted by atomic mass is 9.95. The number of alkyl halides is 2. The third kappa shape index (κ3) is 1.95. The minimum atomic E-state index is -3.24. The number of hydrogen-bond acceptors (Lipinski definition) is 3. The summed E-state index contributed by atoms with van der Waals surface area (Å²) in [6.07, 6.45) is -0.909. The van der Waals surface area contributed by atoms with E-state index in [1.807, 2.05) is 0 Å². The van der Waals surface area contributed by atoms with Gasteiger partial charge in [0.15, 0.2) is 0 Å². The van der Waals surface area contributed by atoms with Crippen LogP contribution in [0.4, 0.5) is 13.6 Å². The number of carbonyl (C=O) groups is 2. The zero-order valence-electron chi connectivity index (χ0n) is 11.1. The van der Waals surface area contributed by atoms with E-state index in [4.69, 9.17) is 9.84 Å². The van der Waals surface area contributed by atoms with Gasteiger partial charge in [-0.25, -0.2) is 13.6 Å². The van der Waals surface area contributed by atoms with Crippen molar-refractivity contribution in [3.05, 3.63) is 0 Å². The van der Waals surface area contributed by atoms with Crippen molar-refractivity contribution in [1.29, 1.82) is 0 Å². The molecule has 1 saturated carbocycles. The van der Waals surface area contributed by atoms with Gasteiger partial charge in [-0.1, -0.05) is 0 Å². The summed E-state index contributed by atoms with van der Waals surface area (Å²) in [6, 6.07) is 0. The number of carbonyl (C=O) groups excluding carboxylic acids is 1. The maximum absolute atomic E-state index is 13.6. The quantitative estimate of drug-likeness (QED) is 0.795. The van der Waals surface area contributed by atoms with Crippen molar-refractivity contribution in [3.63, 3.8) is 0 Å². The zero-order valence-corrected chi connectivity index (χ0v) is 11.1. The van der Waals surface area contributed by atoms with E-state index in [1.165, 1.54) is 0 Å². The Morgan fingerprint density at radius 2 is 1.95 bits per heavy atom. The third-order valence-corrected chi connectivity index (χ3v) is 3.76. The van der Waals surface area contributed by atoms with Crippen LogP contribution in [0.5, 0.6) is 0 Å².